The molecular weight excluding hydrogens is 138 g/mol. The van der Waals surface area contributed by atoms with Crippen molar-refractivity contribution in [1.29, 1.82) is 0 Å². The van der Waals surface area contributed by atoms with Gasteiger partial charge in [-0.05, 0) is 30.8 Å². The van der Waals surface area contributed by atoms with Crippen LogP contribution >= 0.6 is 0 Å². The predicted molar refractivity (Wildman–Crippen MR) is 45.1 cm³/mol. The summed E-state index contributed by atoms with van der Waals surface area (Å²) in [6.07, 6.45) is 4.00. The van der Waals surface area contributed by atoms with E-state index in [-0.39, 0.29) is 5.91 Å². The SMILES string of the molecule is C=CC(=O)NCC(C)C1CC1. The maximum Gasteiger partial charge on any atom is 0.243 e. The molecule has 1 atom stereocenters. The molecule has 11 heavy (non-hydrogen) atoms. The third-order valence-electron chi connectivity index (χ3n) is 2.21. The normalized spacial score (nSPS) is 19.0. The number of amides is 1. The van der Waals surface area contributed by atoms with Gasteiger partial charge in [-0.2, -0.15) is 0 Å². The van der Waals surface area contributed by atoms with Gasteiger partial charge in [0, 0.05) is 6.54 Å². The molecule has 1 aliphatic rings. The van der Waals surface area contributed by atoms with Gasteiger partial charge in [-0.15, -0.1) is 0 Å². The van der Waals surface area contributed by atoms with Crippen molar-refractivity contribution in [3.8, 4) is 0 Å². The summed E-state index contributed by atoms with van der Waals surface area (Å²) in [5.74, 6) is 1.44. The van der Waals surface area contributed by atoms with E-state index in [2.05, 4.69) is 18.8 Å². The van der Waals surface area contributed by atoms with Crippen LogP contribution in [0.3, 0.4) is 0 Å². The molecular formula is C9H15NO. The monoisotopic (exact) mass is 153 g/mol. The molecule has 0 heterocycles. The highest BCUT2D eigenvalue weighted by Crippen LogP contribution is 2.35. The molecule has 1 N–H and O–H groups in total. The fourth-order valence-electron chi connectivity index (χ4n) is 1.17. The number of hydrogen-bond donors (Lipinski definition) is 1. The summed E-state index contributed by atoms with van der Waals surface area (Å²) in [4.78, 5) is 10.7. The zero-order valence-corrected chi connectivity index (χ0v) is 6.97. The molecule has 62 valence electrons. The Morgan fingerprint density at radius 1 is 1.82 bits per heavy atom. The maximum atomic E-state index is 10.7. The quantitative estimate of drug-likeness (QED) is 0.607. The standard InChI is InChI=1S/C9H15NO/c1-3-9(11)10-6-7(2)8-4-5-8/h3,7-8H,1,4-6H2,2H3,(H,10,11). The largest absolute Gasteiger partial charge is 0.352 e. The minimum Gasteiger partial charge on any atom is -0.352 e. The molecule has 0 radical (unpaired) electrons. The summed E-state index contributed by atoms with van der Waals surface area (Å²) in [6, 6.07) is 0. The summed E-state index contributed by atoms with van der Waals surface area (Å²) >= 11 is 0. The maximum absolute atomic E-state index is 10.7. The Morgan fingerprint density at radius 3 is 2.91 bits per heavy atom. The van der Waals surface area contributed by atoms with Crippen molar-refractivity contribution in [2.24, 2.45) is 11.8 Å². The van der Waals surface area contributed by atoms with Crippen molar-refractivity contribution >= 4 is 5.91 Å². The molecule has 1 unspecified atom stereocenters. The number of nitrogens with one attached hydrogen (secondary N) is 1. The first-order valence-electron chi connectivity index (χ1n) is 4.14. The Balaban J connectivity index is 2.09. The van der Waals surface area contributed by atoms with Crippen LogP contribution in [0.15, 0.2) is 12.7 Å². The topological polar surface area (TPSA) is 29.1 Å². The molecule has 1 rings (SSSR count). The van der Waals surface area contributed by atoms with E-state index in [4.69, 9.17) is 0 Å². The second-order valence-corrected chi connectivity index (χ2v) is 3.26. The van der Waals surface area contributed by atoms with Gasteiger partial charge >= 0.3 is 0 Å². The first-order valence-corrected chi connectivity index (χ1v) is 4.14. The van der Waals surface area contributed by atoms with Gasteiger partial charge in [0.05, 0.1) is 0 Å². The van der Waals surface area contributed by atoms with Gasteiger partial charge in [0.1, 0.15) is 0 Å². The van der Waals surface area contributed by atoms with Crippen LogP contribution in [-0.2, 0) is 4.79 Å². The second-order valence-electron chi connectivity index (χ2n) is 3.26. The average Bonchev–Trinajstić information content (AvgIpc) is 2.81. The molecule has 1 fully saturated rings. The van der Waals surface area contributed by atoms with E-state index in [1.807, 2.05) is 0 Å². The Hall–Kier alpha value is -0.790. The molecule has 2 heteroatoms. The predicted octanol–water partition coefficient (Wildman–Crippen LogP) is 1.33. The Bertz CT molecular complexity index is 161. The average molecular weight is 153 g/mol. The lowest BCUT2D eigenvalue weighted by Gasteiger charge is -2.09. The fourth-order valence-corrected chi connectivity index (χ4v) is 1.17. The van der Waals surface area contributed by atoms with E-state index in [1.54, 1.807) is 0 Å². The summed E-state index contributed by atoms with van der Waals surface area (Å²) in [7, 11) is 0. The Labute approximate surface area is 67.7 Å². The van der Waals surface area contributed by atoms with Crippen LogP contribution in [0.1, 0.15) is 19.8 Å². The van der Waals surface area contributed by atoms with Crippen LogP contribution in [0.25, 0.3) is 0 Å². The lowest BCUT2D eigenvalue weighted by molar-refractivity contribution is -0.116. The number of carbonyl (C=O) groups is 1. The van der Waals surface area contributed by atoms with E-state index in [0.29, 0.717) is 5.92 Å². The molecule has 0 aliphatic heterocycles. The van der Waals surface area contributed by atoms with Gasteiger partial charge in [0.25, 0.3) is 0 Å². The van der Waals surface area contributed by atoms with Crippen molar-refractivity contribution in [3.63, 3.8) is 0 Å². The molecule has 0 aromatic carbocycles. The number of carbonyl (C=O) groups excluding carboxylic acids is 1. The van der Waals surface area contributed by atoms with Gasteiger partial charge in [-0.25, -0.2) is 0 Å². The molecule has 0 bridgehead atoms. The molecule has 1 amide bonds. The molecule has 2 nitrogen and oxygen atoms in total. The zero-order chi connectivity index (χ0) is 8.27. The highest BCUT2D eigenvalue weighted by atomic mass is 16.1. The van der Waals surface area contributed by atoms with Crippen LogP contribution in [0.2, 0.25) is 0 Å². The van der Waals surface area contributed by atoms with Crippen LogP contribution in [0, 0.1) is 11.8 Å². The lowest BCUT2D eigenvalue weighted by atomic mass is 10.1. The van der Waals surface area contributed by atoms with Gasteiger partial charge in [0.2, 0.25) is 5.91 Å². The van der Waals surface area contributed by atoms with Crippen LogP contribution < -0.4 is 5.32 Å². The Morgan fingerprint density at radius 2 is 2.45 bits per heavy atom. The van der Waals surface area contributed by atoms with Crippen molar-refractivity contribution in [1.82, 2.24) is 5.32 Å². The van der Waals surface area contributed by atoms with E-state index in [1.165, 1.54) is 18.9 Å². The highest BCUT2D eigenvalue weighted by molar-refractivity contribution is 5.86. The van der Waals surface area contributed by atoms with Crippen molar-refractivity contribution < 1.29 is 4.79 Å². The first kappa shape index (κ1) is 8.31. The minimum absolute atomic E-state index is 0.0579. The van der Waals surface area contributed by atoms with E-state index in [9.17, 15) is 4.79 Å². The van der Waals surface area contributed by atoms with Crippen molar-refractivity contribution in [2.45, 2.75) is 19.8 Å². The van der Waals surface area contributed by atoms with Crippen molar-refractivity contribution in [3.05, 3.63) is 12.7 Å². The summed E-state index contributed by atoms with van der Waals surface area (Å²) in [5, 5.41) is 2.80. The van der Waals surface area contributed by atoms with E-state index in [0.717, 1.165) is 12.5 Å². The summed E-state index contributed by atoms with van der Waals surface area (Å²) in [5.41, 5.74) is 0. The van der Waals surface area contributed by atoms with Crippen LogP contribution in [0.5, 0.6) is 0 Å². The molecule has 0 aromatic rings. The Kier molecular flexibility index (Phi) is 2.69. The summed E-state index contributed by atoms with van der Waals surface area (Å²) < 4.78 is 0. The van der Waals surface area contributed by atoms with E-state index < -0.39 is 0 Å². The number of rotatable bonds is 4. The molecule has 1 saturated carbocycles. The zero-order valence-electron chi connectivity index (χ0n) is 6.97. The lowest BCUT2D eigenvalue weighted by Crippen LogP contribution is -2.27. The third kappa shape index (κ3) is 2.74. The van der Waals surface area contributed by atoms with Crippen LogP contribution in [-0.4, -0.2) is 12.5 Å². The van der Waals surface area contributed by atoms with E-state index >= 15 is 0 Å². The highest BCUT2D eigenvalue weighted by Gasteiger charge is 2.27. The third-order valence-corrected chi connectivity index (χ3v) is 2.21. The smallest absolute Gasteiger partial charge is 0.243 e. The van der Waals surface area contributed by atoms with Crippen molar-refractivity contribution in [2.75, 3.05) is 6.54 Å². The van der Waals surface area contributed by atoms with Gasteiger partial charge in [0.15, 0.2) is 0 Å². The molecule has 0 aromatic heterocycles. The molecule has 0 saturated heterocycles. The van der Waals surface area contributed by atoms with Crippen LogP contribution in [0.4, 0.5) is 0 Å². The van der Waals surface area contributed by atoms with Gasteiger partial charge in [-0.1, -0.05) is 13.5 Å². The minimum atomic E-state index is -0.0579. The molecule has 0 spiro atoms. The number of hydrogen-bond acceptors (Lipinski definition) is 1. The molecule has 1 aliphatic carbocycles. The van der Waals surface area contributed by atoms with Gasteiger partial charge < -0.3 is 5.32 Å². The second kappa shape index (κ2) is 3.56. The van der Waals surface area contributed by atoms with Gasteiger partial charge in [-0.3, -0.25) is 4.79 Å². The summed E-state index contributed by atoms with van der Waals surface area (Å²) in [6.45, 7) is 6.37. The first-order chi connectivity index (χ1) is 5.24. The fraction of sp³-hybridized carbons (Fsp3) is 0.667.